The van der Waals surface area contributed by atoms with Gasteiger partial charge in [0, 0.05) is 30.7 Å². The van der Waals surface area contributed by atoms with Crippen LogP contribution in [0.4, 0.5) is 10.5 Å². The first-order valence-corrected chi connectivity index (χ1v) is 8.27. The number of aryl methyl sites for hydroxylation is 2. The number of benzene rings is 1. The van der Waals surface area contributed by atoms with E-state index in [0.717, 1.165) is 24.3 Å². The Morgan fingerprint density at radius 3 is 2.70 bits per heavy atom. The zero-order chi connectivity index (χ0) is 16.6. The van der Waals surface area contributed by atoms with Gasteiger partial charge >= 0.3 is 6.03 Å². The van der Waals surface area contributed by atoms with E-state index in [4.69, 9.17) is 0 Å². The fraction of sp³-hybridized carbons (Fsp3) is 0.421. The Kier molecular flexibility index (Phi) is 4.16. The van der Waals surface area contributed by atoms with Crippen LogP contribution in [0, 0.1) is 19.8 Å². The molecule has 23 heavy (non-hydrogen) atoms. The second-order valence-electron chi connectivity index (χ2n) is 6.76. The molecule has 0 saturated carbocycles. The molecule has 2 aromatic rings. The molecule has 4 nitrogen and oxygen atoms in total. The quantitative estimate of drug-likeness (QED) is 0.879. The molecule has 1 unspecified atom stereocenters. The number of aromatic nitrogens is 1. The highest BCUT2D eigenvalue weighted by molar-refractivity contribution is 5.90. The third-order valence-electron chi connectivity index (χ3n) is 4.60. The summed E-state index contributed by atoms with van der Waals surface area (Å²) >= 11 is 0. The summed E-state index contributed by atoms with van der Waals surface area (Å²) in [6.45, 7) is 10.0. The molecule has 2 heterocycles. The zero-order valence-corrected chi connectivity index (χ0v) is 14.3. The van der Waals surface area contributed by atoms with Gasteiger partial charge in [0.25, 0.3) is 0 Å². The molecule has 1 aliphatic rings. The summed E-state index contributed by atoms with van der Waals surface area (Å²) in [5.74, 6) is 0.369. The molecule has 1 atom stereocenters. The molecule has 1 aromatic heterocycles. The second kappa shape index (κ2) is 6.11. The van der Waals surface area contributed by atoms with Gasteiger partial charge in [-0.2, -0.15) is 0 Å². The van der Waals surface area contributed by atoms with E-state index in [9.17, 15) is 4.79 Å². The molecule has 1 aromatic carbocycles. The van der Waals surface area contributed by atoms with Crippen LogP contribution in [0.3, 0.4) is 0 Å². The van der Waals surface area contributed by atoms with Gasteiger partial charge in [-0.1, -0.05) is 31.5 Å². The van der Waals surface area contributed by atoms with E-state index in [1.165, 1.54) is 11.3 Å². The van der Waals surface area contributed by atoms with Gasteiger partial charge < -0.3 is 14.8 Å². The van der Waals surface area contributed by atoms with Gasteiger partial charge in [0.05, 0.1) is 6.04 Å². The number of carbonyl (C=O) groups excluding carboxylic acids is 1. The summed E-state index contributed by atoms with van der Waals surface area (Å²) in [4.78, 5) is 14.8. The molecule has 3 rings (SSSR count). The Morgan fingerprint density at radius 2 is 2.00 bits per heavy atom. The van der Waals surface area contributed by atoms with Crippen LogP contribution in [0.2, 0.25) is 0 Å². The third-order valence-corrected chi connectivity index (χ3v) is 4.60. The lowest BCUT2D eigenvalue weighted by Crippen LogP contribution is -2.45. The lowest BCUT2D eigenvalue weighted by molar-refractivity contribution is 0.144. The largest absolute Gasteiger partial charge is 0.348 e. The number of nitrogens with one attached hydrogen (secondary N) is 1. The number of anilines is 1. The van der Waals surface area contributed by atoms with Crippen molar-refractivity contribution in [2.24, 2.45) is 5.92 Å². The number of amides is 2. The summed E-state index contributed by atoms with van der Waals surface area (Å²) in [7, 11) is 0. The minimum atomic E-state index is -0.0110. The summed E-state index contributed by atoms with van der Waals surface area (Å²) in [6.07, 6.45) is 2.10. The fourth-order valence-electron chi connectivity index (χ4n) is 3.48. The van der Waals surface area contributed by atoms with Gasteiger partial charge in [-0.25, -0.2) is 4.79 Å². The van der Waals surface area contributed by atoms with Crippen molar-refractivity contribution in [3.63, 3.8) is 0 Å². The Labute approximate surface area is 138 Å². The van der Waals surface area contributed by atoms with E-state index in [0.29, 0.717) is 5.92 Å². The number of rotatable bonds is 2. The molecule has 1 aliphatic heterocycles. The Morgan fingerprint density at radius 1 is 1.22 bits per heavy atom. The van der Waals surface area contributed by atoms with Crippen molar-refractivity contribution in [1.82, 2.24) is 9.47 Å². The fourth-order valence-corrected chi connectivity index (χ4v) is 3.48. The van der Waals surface area contributed by atoms with Gasteiger partial charge in [-0.15, -0.1) is 0 Å². The lowest BCUT2D eigenvalue weighted by Gasteiger charge is -2.39. The minimum absolute atomic E-state index is 0.0110. The lowest BCUT2D eigenvalue weighted by atomic mass is 9.97. The maximum Gasteiger partial charge on any atom is 0.322 e. The maximum atomic E-state index is 12.9. The monoisotopic (exact) mass is 311 g/mol. The highest BCUT2D eigenvalue weighted by Crippen LogP contribution is 2.33. The van der Waals surface area contributed by atoms with Gasteiger partial charge in [0.15, 0.2) is 0 Å². The molecule has 0 bridgehead atoms. The van der Waals surface area contributed by atoms with Crippen molar-refractivity contribution in [2.75, 3.05) is 11.9 Å². The number of hydrogen-bond donors (Lipinski definition) is 1. The third kappa shape index (κ3) is 2.98. The van der Waals surface area contributed by atoms with Gasteiger partial charge in [-0.05, 0) is 43.5 Å². The number of fused-ring (bicyclic) bond motifs is 1. The predicted octanol–water partition coefficient (Wildman–Crippen LogP) is 4.35. The topological polar surface area (TPSA) is 37.3 Å². The summed E-state index contributed by atoms with van der Waals surface area (Å²) in [5.41, 5.74) is 4.42. The Balaban J connectivity index is 1.84. The van der Waals surface area contributed by atoms with Crippen molar-refractivity contribution >= 4 is 11.7 Å². The zero-order valence-electron chi connectivity index (χ0n) is 14.3. The molecule has 4 heteroatoms. The second-order valence-corrected chi connectivity index (χ2v) is 6.76. The Bertz CT molecular complexity index is 717. The average molecular weight is 311 g/mol. The molecule has 0 radical (unpaired) electrons. The van der Waals surface area contributed by atoms with E-state index in [1.807, 2.05) is 24.0 Å². The van der Waals surface area contributed by atoms with Crippen molar-refractivity contribution in [1.29, 1.82) is 0 Å². The van der Waals surface area contributed by atoms with Gasteiger partial charge in [-0.3, -0.25) is 0 Å². The molecule has 2 amide bonds. The number of hydrogen-bond acceptors (Lipinski definition) is 1. The number of carbonyl (C=O) groups is 1. The highest BCUT2D eigenvalue weighted by atomic mass is 16.2. The molecule has 122 valence electrons. The maximum absolute atomic E-state index is 12.9. The van der Waals surface area contributed by atoms with Gasteiger partial charge in [0.1, 0.15) is 0 Å². The van der Waals surface area contributed by atoms with Crippen molar-refractivity contribution < 1.29 is 4.79 Å². The molecule has 1 N–H and O–H groups in total. The molecular weight excluding hydrogens is 286 g/mol. The normalized spacial score (nSPS) is 17.3. The first kappa shape index (κ1) is 15.7. The van der Waals surface area contributed by atoms with Crippen LogP contribution in [0.1, 0.15) is 36.7 Å². The highest BCUT2D eigenvalue weighted by Gasteiger charge is 2.33. The smallest absolute Gasteiger partial charge is 0.322 e. The minimum Gasteiger partial charge on any atom is -0.348 e. The molecule has 0 spiro atoms. The van der Waals surface area contributed by atoms with Gasteiger partial charge in [0.2, 0.25) is 0 Å². The first-order valence-electron chi connectivity index (χ1n) is 8.27. The first-order chi connectivity index (χ1) is 11.0. The van der Waals surface area contributed by atoms with E-state index in [-0.39, 0.29) is 12.1 Å². The van der Waals surface area contributed by atoms with Crippen molar-refractivity contribution in [3.8, 4) is 0 Å². The molecule has 0 aliphatic carbocycles. The van der Waals surface area contributed by atoms with Crippen LogP contribution in [0.15, 0.2) is 36.5 Å². The SMILES string of the molecule is Cc1ccc(NC(=O)N2CCn3cccc3C2C(C)C)c(C)c1. The van der Waals surface area contributed by atoms with Crippen molar-refractivity contribution in [2.45, 2.75) is 40.3 Å². The summed E-state index contributed by atoms with van der Waals surface area (Å²) in [6, 6.07) is 10.4. The van der Waals surface area contributed by atoms with E-state index >= 15 is 0 Å². The van der Waals surface area contributed by atoms with Crippen molar-refractivity contribution in [3.05, 3.63) is 53.3 Å². The number of urea groups is 1. The van der Waals surface area contributed by atoms with Crippen LogP contribution >= 0.6 is 0 Å². The Hall–Kier alpha value is -2.23. The predicted molar refractivity (Wildman–Crippen MR) is 93.7 cm³/mol. The van der Waals surface area contributed by atoms with Crippen LogP contribution in [-0.4, -0.2) is 22.0 Å². The van der Waals surface area contributed by atoms with E-state index in [1.54, 1.807) is 0 Å². The standard InChI is InChI=1S/C19H25N3O/c1-13(2)18-17-6-5-9-21(17)10-11-22(18)19(23)20-16-8-7-14(3)12-15(16)4/h5-9,12-13,18H,10-11H2,1-4H3,(H,20,23). The number of nitrogens with zero attached hydrogens (tertiary/aromatic N) is 2. The van der Waals surface area contributed by atoms with E-state index < -0.39 is 0 Å². The molecular formula is C19H25N3O. The van der Waals surface area contributed by atoms with Crippen LogP contribution < -0.4 is 5.32 Å². The average Bonchev–Trinajstić information content (AvgIpc) is 2.97. The van der Waals surface area contributed by atoms with Crippen LogP contribution in [0.5, 0.6) is 0 Å². The molecule has 0 saturated heterocycles. The summed E-state index contributed by atoms with van der Waals surface area (Å²) in [5, 5.41) is 3.09. The van der Waals surface area contributed by atoms with E-state index in [2.05, 4.69) is 55.1 Å². The van der Waals surface area contributed by atoms with Crippen LogP contribution in [0.25, 0.3) is 0 Å². The summed E-state index contributed by atoms with van der Waals surface area (Å²) < 4.78 is 2.26. The molecule has 0 fully saturated rings. The van der Waals surface area contributed by atoms with Crippen LogP contribution in [-0.2, 0) is 6.54 Å².